The average Bonchev–Trinajstić information content (AvgIpc) is 3.00. The minimum Gasteiger partial charge on any atom is -0.542 e. The van der Waals surface area contributed by atoms with E-state index in [0.717, 1.165) is 17.6 Å². The number of hydrogen-bond donors (Lipinski definition) is 0. The molecule has 4 nitrogen and oxygen atoms in total. The van der Waals surface area contributed by atoms with Gasteiger partial charge < -0.3 is 14.5 Å². The zero-order valence-corrected chi connectivity index (χ0v) is 9.72. The van der Waals surface area contributed by atoms with Crippen molar-refractivity contribution in [2.75, 3.05) is 0 Å². The molecule has 1 fully saturated rings. The Morgan fingerprint density at radius 1 is 1.41 bits per heavy atom. The summed E-state index contributed by atoms with van der Waals surface area (Å²) in [5, 5.41) is 11.0. The predicted octanol–water partition coefficient (Wildman–Crippen LogP) is -2.19. The van der Waals surface area contributed by atoms with Gasteiger partial charge in [-0.25, -0.2) is 4.98 Å². The molecule has 17 heavy (non-hydrogen) atoms. The van der Waals surface area contributed by atoms with E-state index in [2.05, 4.69) is 4.98 Å². The van der Waals surface area contributed by atoms with Gasteiger partial charge in [-0.3, -0.25) is 0 Å². The Balaban J connectivity index is 0.00000108. The first-order chi connectivity index (χ1) is 7.75. The number of nitrogens with zero attached hydrogens (tertiary/aromatic N) is 2. The van der Waals surface area contributed by atoms with E-state index >= 15 is 0 Å². The van der Waals surface area contributed by atoms with E-state index in [4.69, 9.17) is 0 Å². The SMILES string of the molecule is O=C([O-])c1nc2ccccc2n1CC1CC1.[Li+]. The maximum atomic E-state index is 11.0. The molecule has 1 aromatic heterocycles. The Labute approximate surface area is 111 Å². The van der Waals surface area contributed by atoms with E-state index in [9.17, 15) is 9.90 Å². The molecule has 0 amide bonds. The van der Waals surface area contributed by atoms with Gasteiger partial charge in [0.25, 0.3) is 0 Å². The normalized spacial score (nSPS) is 14.6. The van der Waals surface area contributed by atoms with Crippen LogP contribution in [0.25, 0.3) is 11.0 Å². The van der Waals surface area contributed by atoms with Crippen LogP contribution in [0.1, 0.15) is 23.5 Å². The minimum atomic E-state index is -1.20. The van der Waals surface area contributed by atoms with Gasteiger partial charge in [0.15, 0.2) is 5.82 Å². The van der Waals surface area contributed by atoms with E-state index in [1.165, 1.54) is 12.8 Å². The molecule has 0 bridgehead atoms. The van der Waals surface area contributed by atoms with Crippen molar-refractivity contribution in [2.24, 2.45) is 5.92 Å². The molecule has 1 heterocycles. The molecule has 1 aromatic carbocycles. The Morgan fingerprint density at radius 2 is 2.12 bits per heavy atom. The molecule has 0 radical (unpaired) electrons. The first-order valence-electron chi connectivity index (χ1n) is 5.42. The van der Waals surface area contributed by atoms with Gasteiger partial charge >= 0.3 is 18.9 Å². The maximum Gasteiger partial charge on any atom is 1.00 e. The molecule has 5 heteroatoms. The van der Waals surface area contributed by atoms with Crippen LogP contribution in [0.3, 0.4) is 0 Å². The number of benzene rings is 1. The molecule has 1 aliphatic rings. The Kier molecular flexibility index (Phi) is 3.28. The fourth-order valence-electron chi connectivity index (χ4n) is 1.97. The van der Waals surface area contributed by atoms with Crippen LogP contribution in [0.2, 0.25) is 0 Å². The van der Waals surface area contributed by atoms with Gasteiger partial charge in [-0.15, -0.1) is 0 Å². The van der Waals surface area contributed by atoms with Crippen LogP contribution in [0.5, 0.6) is 0 Å². The summed E-state index contributed by atoms with van der Waals surface area (Å²) in [4.78, 5) is 15.1. The van der Waals surface area contributed by atoms with Crippen LogP contribution in [0.15, 0.2) is 24.3 Å². The summed E-state index contributed by atoms with van der Waals surface area (Å²) in [5.41, 5.74) is 1.61. The number of aromatic nitrogens is 2. The molecule has 0 N–H and O–H groups in total. The summed E-state index contributed by atoms with van der Waals surface area (Å²) < 4.78 is 1.77. The van der Waals surface area contributed by atoms with Crippen LogP contribution < -0.4 is 24.0 Å². The van der Waals surface area contributed by atoms with Gasteiger partial charge in [-0.05, 0) is 30.9 Å². The van der Waals surface area contributed by atoms with Crippen molar-refractivity contribution in [3.8, 4) is 0 Å². The van der Waals surface area contributed by atoms with Crippen molar-refractivity contribution in [3.05, 3.63) is 30.1 Å². The van der Waals surface area contributed by atoms with Crippen molar-refractivity contribution in [1.82, 2.24) is 9.55 Å². The molecule has 3 rings (SSSR count). The smallest absolute Gasteiger partial charge is 0.542 e. The van der Waals surface area contributed by atoms with Crippen molar-refractivity contribution in [1.29, 1.82) is 0 Å². The third kappa shape index (κ3) is 2.24. The number of carbonyl (C=O) groups excluding carboxylic acids is 1. The summed E-state index contributed by atoms with van der Waals surface area (Å²) in [6, 6.07) is 7.48. The molecule has 2 aromatic rings. The van der Waals surface area contributed by atoms with Gasteiger partial charge in [0.1, 0.15) is 5.97 Å². The standard InChI is InChI=1S/C12H12N2O2.Li/c15-12(16)11-13-9-3-1-2-4-10(9)14(11)7-8-5-6-8;/h1-4,8H,5-7H2,(H,15,16);/q;+1/p-1. The Bertz CT molecular complexity index is 561. The largest absolute Gasteiger partial charge is 1.00 e. The van der Waals surface area contributed by atoms with Crippen LogP contribution in [0, 0.1) is 5.92 Å². The van der Waals surface area contributed by atoms with Crippen molar-refractivity contribution < 1.29 is 28.8 Å². The van der Waals surface area contributed by atoms with Gasteiger partial charge in [-0.2, -0.15) is 0 Å². The number of carboxylic acid groups (broad SMARTS) is 1. The Morgan fingerprint density at radius 3 is 2.76 bits per heavy atom. The van der Waals surface area contributed by atoms with E-state index in [0.29, 0.717) is 5.92 Å². The molecule has 0 saturated heterocycles. The molecule has 0 atom stereocenters. The molecule has 0 aliphatic heterocycles. The van der Waals surface area contributed by atoms with Crippen LogP contribution in [-0.2, 0) is 6.54 Å². The molecule has 82 valence electrons. The number of carbonyl (C=O) groups is 1. The summed E-state index contributed by atoms with van der Waals surface area (Å²) in [6.45, 7) is 0.740. The summed E-state index contributed by atoms with van der Waals surface area (Å²) in [7, 11) is 0. The van der Waals surface area contributed by atoms with E-state index in [1.807, 2.05) is 24.3 Å². The molecule has 1 saturated carbocycles. The molecular weight excluding hydrogens is 211 g/mol. The fraction of sp³-hybridized carbons (Fsp3) is 0.333. The van der Waals surface area contributed by atoms with Crippen LogP contribution in [-0.4, -0.2) is 15.5 Å². The third-order valence-electron chi connectivity index (χ3n) is 2.97. The van der Waals surface area contributed by atoms with Crippen molar-refractivity contribution in [3.63, 3.8) is 0 Å². The van der Waals surface area contributed by atoms with Crippen LogP contribution in [0.4, 0.5) is 0 Å². The second-order valence-electron chi connectivity index (χ2n) is 4.27. The monoisotopic (exact) mass is 222 g/mol. The molecule has 0 spiro atoms. The van der Waals surface area contributed by atoms with Gasteiger partial charge in [0.2, 0.25) is 0 Å². The van der Waals surface area contributed by atoms with Crippen molar-refractivity contribution in [2.45, 2.75) is 19.4 Å². The first kappa shape index (κ1) is 12.2. The van der Waals surface area contributed by atoms with Crippen LogP contribution >= 0.6 is 0 Å². The van der Waals surface area contributed by atoms with E-state index < -0.39 is 5.97 Å². The number of fused-ring (bicyclic) bond motifs is 1. The summed E-state index contributed by atoms with van der Waals surface area (Å²) >= 11 is 0. The number of carboxylic acids is 1. The second-order valence-corrected chi connectivity index (χ2v) is 4.27. The molecule has 0 unspecified atom stereocenters. The summed E-state index contributed by atoms with van der Waals surface area (Å²) in [5.74, 6) is -0.541. The minimum absolute atomic E-state index is 0. The topological polar surface area (TPSA) is 57.9 Å². The van der Waals surface area contributed by atoms with Gasteiger partial charge in [-0.1, -0.05) is 12.1 Å². The number of hydrogen-bond acceptors (Lipinski definition) is 3. The molecule has 1 aliphatic carbocycles. The third-order valence-corrected chi connectivity index (χ3v) is 2.97. The number of imidazole rings is 1. The van der Waals surface area contributed by atoms with E-state index in [1.54, 1.807) is 4.57 Å². The van der Waals surface area contributed by atoms with Gasteiger partial charge in [0, 0.05) is 6.54 Å². The zero-order chi connectivity index (χ0) is 11.1. The number of aromatic carboxylic acids is 1. The summed E-state index contributed by atoms with van der Waals surface area (Å²) in [6.07, 6.45) is 2.36. The number of para-hydroxylation sites is 2. The van der Waals surface area contributed by atoms with Gasteiger partial charge in [0.05, 0.1) is 11.0 Å². The second kappa shape index (κ2) is 4.56. The number of rotatable bonds is 3. The first-order valence-corrected chi connectivity index (χ1v) is 5.42. The average molecular weight is 222 g/mol. The maximum absolute atomic E-state index is 11.0. The zero-order valence-electron chi connectivity index (χ0n) is 9.72. The Hall–Kier alpha value is -1.24. The fourth-order valence-corrected chi connectivity index (χ4v) is 1.97. The molecular formula is C12H11LiN2O2. The van der Waals surface area contributed by atoms with E-state index in [-0.39, 0.29) is 24.7 Å². The quantitative estimate of drug-likeness (QED) is 0.554. The van der Waals surface area contributed by atoms with Crippen molar-refractivity contribution >= 4 is 17.0 Å². The predicted molar refractivity (Wildman–Crippen MR) is 56.8 cm³/mol.